The largest absolute Gasteiger partial charge is 0.388 e. The lowest BCUT2D eigenvalue weighted by molar-refractivity contribution is -0.228. The number of hydrogen-bond acceptors (Lipinski definition) is 11. The molecular formula is C18H33N9O3. The molecule has 0 saturated carbocycles. The van der Waals surface area contributed by atoms with Crippen LogP contribution in [0.3, 0.4) is 0 Å². The van der Waals surface area contributed by atoms with Crippen LogP contribution in [-0.4, -0.2) is 87.4 Å². The monoisotopic (exact) mass is 423 g/mol. The summed E-state index contributed by atoms with van der Waals surface area (Å²) in [5, 5.41) is 18.0. The Kier molecular flexibility index (Phi) is 7.18. The number of hydroxylamine groups is 1. The average molecular weight is 424 g/mol. The van der Waals surface area contributed by atoms with E-state index in [4.69, 9.17) is 15.3 Å². The van der Waals surface area contributed by atoms with Crippen LogP contribution in [0.1, 0.15) is 27.0 Å². The molecule has 1 aliphatic rings. The first-order chi connectivity index (χ1) is 14.4. The number of likely N-dealkylation sites (N-methyl/N-ethyl adjacent to an activating group) is 3. The van der Waals surface area contributed by atoms with E-state index in [0.717, 1.165) is 0 Å². The third kappa shape index (κ3) is 3.99. The number of fused-ring (bicyclic) bond motifs is 1. The molecule has 12 heteroatoms. The van der Waals surface area contributed by atoms with Crippen LogP contribution in [0.25, 0.3) is 11.2 Å². The van der Waals surface area contributed by atoms with Gasteiger partial charge >= 0.3 is 0 Å². The van der Waals surface area contributed by atoms with Gasteiger partial charge in [0.2, 0.25) is 5.85 Å². The minimum absolute atomic E-state index is 0.292. The quantitative estimate of drug-likeness (QED) is 0.237. The van der Waals surface area contributed by atoms with E-state index in [1.54, 1.807) is 10.9 Å². The van der Waals surface area contributed by atoms with Crippen LogP contribution in [0.15, 0.2) is 12.7 Å². The summed E-state index contributed by atoms with van der Waals surface area (Å²) in [5.41, 5.74) is 9.88. The highest BCUT2D eigenvalue weighted by atomic mass is 16.7. The number of rotatable bonds is 10. The fraction of sp³-hybridized carbons (Fsp3) is 0.722. The van der Waals surface area contributed by atoms with Crippen molar-refractivity contribution in [1.29, 1.82) is 0 Å². The zero-order chi connectivity index (χ0) is 21.9. The molecular weight excluding hydrogens is 390 g/mol. The molecule has 12 nitrogen and oxygen atoms in total. The zero-order valence-electron chi connectivity index (χ0n) is 18.2. The molecule has 0 aliphatic carbocycles. The highest BCUT2D eigenvalue weighted by Gasteiger charge is 2.56. The molecule has 0 unspecified atom stereocenters. The summed E-state index contributed by atoms with van der Waals surface area (Å²) >= 11 is 0. The minimum Gasteiger partial charge on any atom is -0.388 e. The summed E-state index contributed by atoms with van der Waals surface area (Å²) in [4.78, 5) is 20.6. The summed E-state index contributed by atoms with van der Waals surface area (Å²) in [7, 11) is 3.78. The van der Waals surface area contributed by atoms with Crippen molar-refractivity contribution < 1.29 is 14.7 Å². The summed E-state index contributed by atoms with van der Waals surface area (Å²) in [5.74, 6) is -0.854. The summed E-state index contributed by atoms with van der Waals surface area (Å²) in [6.07, 6.45) is 0.781. The maximum atomic E-state index is 11.4. The normalized spacial score (nSPS) is 24.9. The average Bonchev–Trinajstić information content (AvgIpc) is 3.28. The highest BCUT2D eigenvalue weighted by molar-refractivity contribution is 5.81. The van der Waals surface area contributed by atoms with Crippen molar-refractivity contribution in [1.82, 2.24) is 40.5 Å². The van der Waals surface area contributed by atoms with Gasteiger partial charge in [0.25, 0.3) is 0 Å². The van der Waals surface area contributed by atoms with Crippen molar-refractivity contribution in [2.24, 2.45) is 0 Å². The van der Waals surface area contributed by atoms with Crippen LogP contribution in [0.5, 0.6) is 0 Å². The topological polar surface area (TPSA) is 148 Å². The Balaban J connectivity index is 2.04. The summed E-state index contributed by atoms with van der Waals surface area (Å²) in [6, 6.07) is -0.398. The summed E-state index contributed by atoms with van der Waals surface area (Å²) in [6.45, 7) is 7.64. The number of nitrogens with one attached hydrogen (secondary N) is 3. The molecule has 0 bridgehead atoms. The number of aliphatic hydroxyl groups excluding tert-OH is 1. The fourth-order valence-corrected chi connectivity index (χ4v) is 3.95. The van der Waals surface area contributed by atoms with Crippen LogP contribution in [0.2, 0.25) is 0 Å². The van der Waals surface area contributed by atoms with E-state index in [-0.39, 0.29) is 0 Å². The highest BCUT2D eigenvalue weighted by Crippen LogP contribution is 2.38. The van der Waals surface area contributed by atoms with E-state index in [1.807, 2.05) is 39.8 Å². The van der Waals surface area contributed by atoms with Crippen LogP contribution < -0.4 is 21.8 Å². The van der Waals surface area contributed by atoms with Crippen LogP contribution in [0.4, 0.5) is 5.82 Å². The molecule has 0 spiro atoms. The molecule has 2 aromatic heterocycles. The number of nitrogens with zero attached hydrogens (tertiary/aromatic N) is 5. The molecule has 4 atom stereocenters. The maximum absolute atomic E-state index is 11.4. The first kappa shape index (κ1) is 22.7. The predicted molar refractivity (Wildman–Crippen MR) is 112 cm³/mol. The Bertz CT molecular complexity index is 824. The maximum Gasteiger partial charge on any atom is 0.223 e. The first-order valence-electron chi connectivity index (χ1n) is 10.2. The zero-order valence-corrected chi connectivity index (χ0v) is 18.2. The van der Waals surface area contributed by atoms with E-state index in [9.17, 15) is 5.11 Å². The lowest BCUT2D eigenvalue weighted by Gasteiger charge is -2.40. The third-order valence-electron chi connectivity index (χ3n) is 5.15. The number of aliphatic hydroxyl groups is 1. The van der Waals surface area contributed by atoms with Gasteiger partial charge in [0.05, 0.1) is 12.4 Å². The molecule has 3 rings (SSSR count). The number of nitrogens with two attached hydrogens (primary N) is 1. The van der Waals surface area contributed by atoms with Gasteiger partial charge in [-0.1, -0.05) is 20.8 Å². The van der Waals surface area contributed by atoms with Crippen molar-refractivity contribution >= 4 is 17.0 Å². The number of hydrogen-bond donors (Lipinski definition) is 5. The molecule has 6 N–H and O–H groups in total. The number of anilines is 1. The molecule has 30 heavy (non-hydrogen) atoms. The van der Waals surface area contributed by atoms with Crippen LogP contribution >= 0.6 is 0 Å². The lowest BCUT2D eigenvalue weighted by Crippen LogP contribution is -2.70. The number of aromatic nitrogens is 4. The fourth-order valence-electron chi connectivity index (χ4n) is 3.95. The van der Waals surface area contributed by atoms with Gasteiger partial charge in [0.15, 0.2) is 17.7 Å². The molecule has 0 radical (unpaired) electrons. The van der Waals surface area contributed by atoms with E-state index >= 15 is 0 Å². The molecule has 1 aliphatic heterocycles. The molecule has 168 valence electrons. The predicted octanol–water partition coefficient (Wildman–Crippen LogP) is -0.989. The molecule has 0 amide bonds. The van der Waals surface area contributed by atoms with Gasteiger partial charge in [0, 0.05) is 6.54 Å². The number of ether oxygens (including phenoxy) is 1. The van der Waals surface area contributed by atoms with Crippen molar-refractivity contribution in [3.63, 3.8) is 0 Å². The van der Waals surface area contributed by atoms with Gasteiger partial charge in [-0.2, -0.15) is 5.48 Å². The van der Waals surface area contributed by atoms with Gasteiger partial charge in [-0.3, -0.25) is 24.9 Å². The molecule has 2 aromatic rings. The summed E-state index contributed by atoms with van der Waals surface area (Å²) < 4.78 is 8.22. The Labute approximate surface area is 176 Å². The number of nitrogen functional groups attached to an aromatic ring is 1. The van der Waals surface area contributed by atoms with Gasteiger partial charge in [-0.05, 0) is 27.2 Å². The Morgan fingerprint density at radius 3 is 2.50 bits per heavy atom. The molecule has 0 aromatic carbocycles. The Morgan fingerprint density at radius 2 is 1.90 bits per heavy atom. The van der Waals surface area contributed by atoms with Gasteiger partial charge < -0.3 is 15.6 Å². The van der Waals surface area contributed by atoms with E-state index in [2.05, 4.69) is 31.1 Å². The van der Waals surface area contributed by atoms with Crippen molar-refractivity contribution in [3.05, 3.63) is 12.7 Å². The SMILES string of the molecule is CCNOC(NCC)(NCC)[C@H]1O[C@@H](n2cnc3c(N)ncnc32)[C@H](N(C)C)[C@@H]1O. The second kappa shape index (κ2) is 9.47. The molecule has 3 heterocycles. The van der Waals surface area contributed by atoms with E-state index in [0.29, 0.717) is 36.6 Å². The smallest absolute Gasteiger partial charge is 0.223 e. The second-order valence-corrected chi connectivity index (χ2v) is 7.37. The van der Waals surface area contributed by atoms with Gasteiger partial charge in [-0.15, -0.1) is 0 Å². The second-order valence-electron chi connectivity index (χ2n) is 7.37. The van der Waals surface area contributed by atoms with Gasteiger partial charge in [0.1, 0.15) is 24.1 Å². The number of imidazole rings is 1. The third-order valence-corrected chi connectivity index (χ3v) is 5.15. The van der Waals surface area contributed by atoms with Crippen molar-refractivity contribution in [2.75, 3.05) is 39.5 Å². The first-order valence-corrected chi connectivity index (χ1v) is 10.2. The standard InChI is InChI=1S/C18H33N9O3/c1-6-23-18(24-7-2,30-25-8-3)14-13(28)12(26(4)5)17(29-14)27-10-22-11-15(19)20-9-21-16(11)27/h9-10,12-14,17,23-25,28H,6-8H2,1-5H3,(H2,19,20,21)/t12-,13+,14+,17-/m1/s1. The Hall–Kier alpha value is -1.93. The Morgan fingerprint density at radius 1 is 1.20 bits per heavy atom. The minimum atomic E-state index is -1.15. The van der Waals surface area contributed by atoms with Crippen LogP contribution in [0, 0.1) is 0 Å². The van der Waals surface area contributed by atoms with Crippen molar-refractivity contribution in [2.45, 2.75) is 51.1 Å². The molecule has 1 fully saturated rings. The van der Waals surface area contributed by atoms with Crippen LogP contribution in [-0.2, 0) is 9.57 Å². The van der Waals surface area contributed by atoms with Crippen molar-refractivity contribution in [3.8, 4) is 0 Å². The molecule has 1 saturated heterocycles. The van der Waals surface area contributed by atoms with E-state index in [1.165, 1.54) is 6.33 Å². The lowest BCUT2D eigenvalue weighted by atomic mass is 10.0. The van der Waals surface area contributed by atoms with E-state index < -0.39 is 30.3 Å². The van der Waals surface area contributed by atoms with Gasteiger partial charge in [-0.25, -0.2) is 15.0 Å².